The van der Waals surface area contributed by atoms with Gasteiger partial charge in [-0.2, -0.15) is 0 Å². The molecule has 2 aromatic heterocycles. The van der Waals surface area contributed by atoms with Gasteiger partial charge in [0.25, 0.3) is 5.91 Å². The molecule has 1 unspecified atom stereocenters. The topological polar surface area (TPSA) is 45.7 Å². The summed E-state index contributed by atoms with van der Waals surface area (Å²) in [7, 11) is 0. The van der Waals surface area contributed by atoms with Crippen molar-refractivity contribution in [1.29, 1.82) is 0 Å². The van der Waals surface area contributed by atoms with Crippen LogP contribution in [0.1, 0.15) is 34.5 Å². The van der Waals surface area contributed by atoms with Crippen LogP contribution in [0, 0.1) is 6.92 Å². The van der Waals surface area contributed by atoms with E-state index in [1.807, 2.05) is 41.6 Å². The predicted molar refractivity (Wildman–Crippen MR) is 99.7 cm³/mol. The number of hydrogen-bond donors (Lipinski definition) is 0. The van der Waals surface area contributed by atoms with Crippen molar-refractivity contribution in [1.82, 2.24) is 9.88 Å². The third kappa shape index (κ3) is 3.35. The van der Waals surface area contributed by atoms with Gasteiger partial charge in [0.1, 0.15) is 6.10 Å². The molecule has 2 aromatic rings. The number of thiophene rings is 1. The van der Waals surface area contributed by atoms with Crippen LogP contribution in [0.3, 0.4) is 0 Å². The first-order valence-electron chi connectivity index (χ1n) is 8.92. The van der Waals surface area contributed by atoms with Gasteiger partial charge in [0.15, 0.2) is 11.6 Å². The highest BCUT2D eigenvalue weighted by Gasteiger charge is 2.30. The molecule has 2 aliphatic heterocycles. The fraction of sp³-hybridized carbons (Fsp3) is 0.474. The van der Waals surface area contributed by atoms with Gasteiger partial charge in [-0.05, 0) is 48.9 Å². The van der Waals surface area contributed by atoms with Crippen molar-refractivity contribution in [2.75, 3.05) is 31.1 Å². The van der Waals surface area contributed by atoms with Crippen LogP contribution in [0.4, 0.5) is 5.82 Å². The monoisotopic (exact) mass is 357 g/mol. The van der Waals surface area contributed by atoms with E-state index in [0.717, 1.165) is 48.1 Å². The van der Waals surface area contributed by atoms with E-state index in [9.17, 15) is 4.79 Å². The van der Waals surface area contributed by atoms with Gasteiger partial charge < -0.3 is 14.5 Å². The van der Waals surface area contributed by atoms with Gasteiger partial charge in [0.05, 0.1) is 11.4 Å². The number of likely N-dealkylation sites (tertiary alicyclic amines) is 1. The van der Waals surface area contributed by atoms with Crippen LogP contribution >= 0.6 is 11.3 Å². The van der Waals surface area contributed by atoms with E-state index in [4.69, 9.17) is 4.74 Å². The fourth-order valence-electron chi connectivity index (χ4n) is 3.56. The van der Waals surface area contributed by atoms with E-state index in [-0.39, 0.29) is 12.0 Å². The van der Waals surface area contributed by atoms with Crippen LogP contribution < -0.4 is 9.64 Å². The Morgan fingerprint density at radius 1 is 1.28 bits per heavy atom. The number of carbonyl (C=O) groups is 1. The Morgan fingerprint density at radius 2 is 2.12 bits per heavy atom. The lowest BCUT2D eigenvalue weighted by molar-refractivity contribution is 0.0776. The second kappa shape index (κ2) is 7.04. The zero-order valence-electron chi connectivity index (χ0n) is 14.5. The number of hydrogen-bond acceptors (Lipinski definition) is 5. The van der Waals surface area contributed by atoms with Crippen molar-refractivity contribution in [3.05, 3.63) is 40.2 Å². The minimum absolute atomic E-state index is 0.0368. The Morgan fingerprint density at radius 3 is 2.88 bits per heavy atom. The molecule has 4 rings (SSSR count). The summed E-state index contributed by atoms with van der Waals surface area (Å²) >= 11 is 1.52. The van der Waals surface area contributed by atoms with Crippen molar-refractivity contribution < 1.29 is 9.53 Å². The van der Waals surface area contributed by atoms with Gasteiger partial charge >= 0.3 is 0 Å². The van der Waals surface area contributed by atoms with Crippen LogP contribution in [-0.4, -0.2) is 48.1 Å². The molecule has 2 saturated heterocycles. The minimum Gasteiger partial charge on any atom is -0.485 e. The number of aromatic nitrogens is 1. The lowest BCUT2D eigenvalue weighted by Crippen LogP contribution is -2.31. The van der Waals surface area contributed by atoms with E-state index in [1.54, 1.807) is 0 Å². The Hall–Kier alpha value is -2.08. The lowest BCUT2D eigenvalue weighted by atomic mass is 10.3. The number of amides is 1. The third-order valence-electron chi connectivity index (χ3n) is 4.94. The summed E-state index contributed by atoms with van der Waals surface area (Å²) in [5.74, 6) is 1.92. The Kier molecular flexibility index (Phi) is 4.61. The highest BCUT2D eigenvalue weighted by Crippen LogP contribution is 2.31. The van der Waals surface area contributed by atoms with E-state index < -0.39 is 0 Å². The first kappa shape index (κ1) is 16.4. The quantitative estimate of drug-likeness (QED) is 0.842. The molecule has 0 aromatic carbocycles. The van der Waals surface area contributed by atoms with Gasteiger partial charge in [-0.3, -0.25) is 4.79 Å². The first-order valence-corrected chi connectivity index (χ1v) is 9.80. The zero-order chi connectivity index (χ0) is 17.2. The number of aryl methyl sites for hydroxylation is 1. The van der Waals surface area contributed by atoms with E-state index >= 15 is 0 Å². The molecule has 25 heavy (non-hydrogen) atoms. The number of carbonyl (C=O) groups excluding carboxylic acids is 1. The molecule has 0 bridgehead atoms. The summed E-state index contributed by atoms with van der Waals surface area (Å²) < 4.78 is 6.25. The van der Waals surface area contributed by atoms with Gasteiger partial charge in [-0.15, -0.1) is 11.3 Å². The number of anilines is 1. The van der Waals surface area contributed by atoms with Gasteiger partial charge in [-0.1, -0.05) is 0 Å². The van der Waals surface area contributed by atoms with E-state index in [1.165, 1.54) is 24.2 Å². The molecular formula is C19H23N3O2S. The van der Waals surface area contributed by atoms with Crippen molar-refractivity contribution >= 4 is 23.1 Å². The Labute approximate surface area is 152 Å². The molecule has 132 valence electrons. The third-order valence-corrected chi connectivity index (χ3v) is 5.94. The molecule has 0 saturated carbocycles. The molecule has 0 aliphatic carbocycles. The molecule has 4 heterocycles. The standard InChI is InChI=1S/C19H23N3O2S/c1-14-7-12-25-17(14)19(23)22-11-6-15(13-22)24-16-5-4-8-20-18(16)21-9-2-3-10-21/h4-5,7-8,12,15H,2-3,6,9-11,13H2,1H3. The number of rotatable bonds is 4. The summed E-state index contributed by atoms with van der Waals surface area (Å²) in [5.41, 5.74) is 1.06. The summed E-state index contributed by atoms with van der Waals surface area (Å²) in [6.07, 6.45) is 5.15. The molecule has 1 atom stereocenters. The highest BCUT2D eigenvalue weighted by molar-refractivity contribution is 7.12. The van der Waals surface area contributed by atoms with E-state index in [0.29, 0.717) is 6.54 Å². The number of ether oxygens (including phenoxy) is 1. The molecule has 2 aliphatic rings. The van der Waals surface area contributed by atoms with Crippen molar-refractivity contribution in [3.63, 3.8) is 0 Å². The second-order valence-corrected chi connectivity index (χ2v) is 7.65. The van der Waals surface area contributed by atoms with Crippen molar-refractivity contribution in [3.8, 4) is 5.75 Å². The molecule has 0 N–H and O–H groups in total. The van der Waals surface area contributed by atoms with Crippen LogP contribution in [-0.2, 0) is 0 Å². The smallest absolute Gasteiger partial charge is 0.264 e. The lowest BCUT2D eigenvalue weighted by Gasteiger charge is -2.22. The van der Waals surface area contributed by atoms with Crippen LogP contribution in [0.2, 0.25) is 0 Å². The molecule has 5 nitrogen and oxygen atoms in total. The summed E-state index contributed by atoms with van der Waals surface area (Å²) in [6, 6.07) is 5.91. The Balaban J connectivity index is 1.43. The average Bonchev–Trinajstić information content (AvgIpc) is 3.36. The van der Waals surface area contributed by atoms with Gasteiger partial charge in [0, 0.05) is 32.3 Å². The molecular weight excluding hydrogens is 334 g/mol. The molecule has 0 spiro atoms. The fourth-order valence-corrected chi connectivity index (χ4v) is 4.46. The maximum absolute atomic E-state index is 12.7. The maximum Gasteiger partial charge on any atom is 0.264 e. The zero-order valence-corrected chi connectivity index (χ0v) is 15.3. The SMILES string of the molecule is Cc1ccsc1C(=O)N1CCC(Oc2cccnc2N2CCCC2)C1. The van der Waals surface area contributed by atoms with E-state index in [2.05, 4.69) is 9.88 Å². The molecule has 2 fully saturated rings. The average molecular weight is 357 g/mol. The first-order chi connectivity index (χ1) is 12.2. The Bertz CT molecular complexity index is 755. The second-order valence-electron chi connectivity index (χ2n) is 6.73. The van der Waals surface area contributed by atoms with Crippen LogP contribution in [0.25, 0.3) is 0 Å². The number of nitrogens with zero attached hydrogens (tertiary/aromatic N) is 3. The molecule has 0 radical (unpaired) electrons. The van der Waals surface area contributed by atoms with Gasteiger partial charge in [-0.25, -0.2) is 4.98 Å². The number of pyridine rings is 1. The van der Waals surface area contributed by atoms with Crippen molar-refractivity contribution in [2.24, 2.45) is 0 Å². The molecule has 1 amide bonds. The normalized spacial score (nSPS) is 20.3. The maximum atomic E-state index is 12.7. The highest BCUT2D eigenvalue weighted by atomic mass is 32.1. The predicted octanol–water partition coefficient (Wildman–Crippen LogP) is 3.35. The largest absolute Gasteiger partial charge is 0.485 e. The summed E-state index contributed by atoms with van der Waals surface area (Å²) in [5, 5.41) is 1.98. The van der Waals surface area contributed by atoms with Crippen LogP contribution in [0.5, 0.6) is 5.75 Å². The minimum atomic E-state index is 0.0368. The van der Waals surface area contributed by atoms with Crippen molar-refractivity contribution in [2.45, 2.75) is 32.3 Å². The summed E-state index contributed by atoms with van der Waals surface area (Å²) in [6.45, 7) is 5.47. The summed E-state index contributed by atoms with van der Waals surface area (Å²) in [4.78, 5) is 22.2. The molecule has 6 heteroatoms. The van der Waals surface area contributed by atoms with Crippen LogP contribution in [0.15, 0.2) is 29.8 Å². The van der Waals surface area contributed by atoms with Gasteiger partial charge in [0.2, 0.25) is 0 Å².